The fraction of sp³-hybridized carbons (Fsp3) is 0.625. The predicted octanol–water partition coefficient (Wildman–Crippen LogP) is 3.44. The van der Waals surface area contributed by atoms with E-state index in [1.165, 1.54) is 7.11 Å². The molecule has 0 radical (unpaired) electrons. The zero-order valence-electron chi connectivity index (χ0n) is 13.4. The second-order valence-electron chi connectivity index (χ2n) is 6.90. The number of ether oxygens (including phenoxy) is 2. The number of phenols is 1. The lowest BCUT2D eigenvalue weighted by molar-refractivity contribution is -0.182. The van der Waals surface area contributed by atoms with Crippen molar-refractivity contribution in [3.05, 3.63) is 22.7 Å². The van der Waals surface area contributed by atoms with E-state index in [0.29, 0.717) is 10.8 Å². The molecule has 21 heavy (non-hydrogen) atoms. The second kappa shape index (κ2) is 5.67. The van der Waals surface area contributed by atoms with Gasteiger partial charge < -0.3 is 14.6 Å². The molecule has 0 aliphatic carbocycles. The van der Waals surface area contributed by atoms with Crippen LogP contribution in [-0.2, 0) is 11.3 Å². The van der Waals surface area contributed by atoms with Crippen molar-refractivity contribution in [3.63, 3.8) is 0 Å². The molecular weight excluding hydrogens is 290 g/mol. The van der Waals surface area contributed by atoms with Crippen LogP contribution in [0.5, 0.6) is 11.5 Å². The fourth-order valence-electron chi connectivity index (χ4n) is 3.19. The number of rotatable bonds is 3. The molecule has 1 saturated heterocycles. The van der Waals surface area contributed by atoms with Crippen LogP contribution in [-0.4, -0.2) is 41.4 Å². The highest BCUT2D eigenvalue weighted by Gasteiger charge is 2.37. The summed E-state index contributed by atoms with van der Waals surface area (Å²) in [6.07, 6.45) is 0. The summed E-state index contributed by atoms with van der Waals surface area (Å²) in [6.45, 7) is 10.8. The molecule has 1 heterocycles. The van der Waals surface area contributed by atoms with Crippen molar-refractivity contribution in [1.82, 2.24) is 4.90 Å². The fourth-order valence-corrected chi connectivity index (χ4v) is 3.42. The van der Waals surface area contributed by atoms with Gasteiger partial charge in [-0.25, -0.2) is 0 Å². The van der Waals surface area contributed by atoms with Gasteiger partial charge in [0.05, 0.1) is 23.3 Å². The average molecular weight is 314 g/mol. The Morgan fingerprint density at radius 1 is 1.24 bits per heavy atom. The number of benzene rings is 1. The highest BCUT2D eigenvalue weighted by atomic mass is 35.5. The molecule has 0 atom stereocenters. The van der Waals surface area contributed by atoms with Crippen molar-refractivity contribution in [2.24, 2.45) is 0 Å². The third-order valence-corrected chi connectivity index (χ3v) is 3.76. The van der Waals surface area contributed by atoms with Crippen LogP contribution >= 0.6 is 11.6 Å². The average Bonchev–Trinajstić information content (AvgIpc) is 2.29. The third kappa shape index (κ3) is 4.02. The predicted molar refractivity (Wildman–Crippen MR) is 84.2 cm³/mol. The summed E-state index contributed by atoms with van der Waals surface area (Å²) >= 11 is 6.05. The summed E-state index contributed by atoms with van der Waals surface area (Å²) in [5, 5.41) is 10.1. The van der Waals surface area contributed by atoms with Gasteiger partial charge in [-0.1, -0.05) is 11.6 Å². The van der Waals surface area contributed by atoms with Gasteiger partial charge in [0, 0.05) is 19.6 Å². The molecule has 1 aromatic carbocycles. The minimum absolute atomic E-state index is 0.00875. The molecule has 0 bridgehead atoms. The first kappa shape index (κ1) is 16.4. The van der Waals surface area contributed by atoms with Gasteiger partial charge >= 0.3 is 0 Å². The molecule has 0 spiro atoms. The molecule has 1 N–H and O–H groups in total. The van der Waals surface area contributed by atoms with E-state index in [0.717, 1.165) is 25.2 Å². The summed E-state index contributed by atoms with van der Waals surface area (Å²) in [6, 6.07) is 3.62. The minimum atomic E-state index is -0.188. The molecule has 1 aliphatic rings. The van der Waals surface area contributed by atoms with Crippen LogP contribution in [0.4, 0.5) is 0 Å². The standard InChI is InChI=1S/C16H24ClNO3/c1-15(2)9-18(10-16(3,4)21-15)8-11-6-12(17)14(19)13(7-11)20-5/h6-7,19H,8-10H2,1-5H3. The lowest BCUT2D eigenvalue weighted by Gasteiger charge is -2.47. The number of halogens is 1. The second-order valence-corrected chi connectivity index (χ2v) is 7.30. The highest BCUT2D eigenvalue weighted by molar-refractivity contribution is 6.32. The van der Waals surface area contributed by atoms with E-state index < -0.39 is 0 Å². The lowest BCUT2D eigenvalue weighted by atomic mass is 9.98. The van der Waals surface area contributed by atoms with Crippen LogP contribution in [0.1, 0.15) is 33.3 Å². The summed E-state index contributed by atoms with van der Waals surface area (Å²) in [7, 11) is 1.52. The summed E-state index contributed by atoms with van der Waals surface area (Å²) in [5.74, 6) is 0.398. The van der Waals surface area contributed by atoms with Crippen molar-refractivity contribution in [2.75, 3.05) is 20.2 Å². The van der Waals surface area contributed by atoms with Gasteiger partial charge in [0.25, 0.3) is 0 Å². The van der Waals surface area contributed by atoms with E-state index in [9.17, 15) is 5.11 Å². The normalized spacial score (nSPS) is 21.2. The van der Waals surface area contributed by atoms with Crippen LogP contribution in [0.15, 0.2) is 12.1 Å². The Kier molecular flexibility index (Phi) is 4.43. The van der Waals surface area contributed by atoms with Gasteiger partial charge in [-0.3, -0.25) is 4.90 Å². The molecule has 1 fully saturated rings. The van der Waals surface area contributed by atoms with Crippen molar-refractivity contribution in [1.29, 1.82) is 0 Å². The zero-order chi connectivity index (χ0) is 15.8. The number of hydrogen-bond acceptors (Lipinski definition) is 4. The third-order valence-electron chi connectivity index (χ3n) is 3.48. The van der Waals surface area contributed by atoms with Gasteiger partial charge in [0.1, 0.15) is 0 Å². The van der Waals surface area contributed by atoms with Gasteiger partial charge in [0.15, 0.2) is 11.5 Å². The Morgan fingerprint density at radius 3 is 2.33 bits per heavy atom. The molecule has 0 aromatic heterocycles. The molecule has 4 nitrogen and oxygen atoms in total. The Morgan fingerprint density at radius 2 is 1.81 bits per heavy atom. The number of hydrogen-bond donors (Lipinski definition) is 1. The maximum Gasteiger partial charge on any atom is 0.176 e. The van der Waals surface area contributed by atoms with Crippen LogP contribution in [0, 0.1) is 0 Å². The van der Waals surface area contributed by atoms with Gasteiger partial charge in [-0.05, 0) is 45.4 Å². The quantitative estimate of drug-likeness (QED) is 0.928. The SMILES string of the molecule is COc1cc(CN2CC(C)(C)OC(C)(C)C2)cc(Cl)c1O. The van der Waals surface area contributed by atoms with Crippen LogP contribution in [0.3, 0.4) is 0 Å². The molecule has 0 amide bonds. The summed E-state index contributed by atoms with van der Waals surface area (Å²) in [5.41, 5.74) is 0.641. The highest BCUT2D eigenvalue weighted by Crippen LogP contribution is 2.36. The van der Waals surface area contributed by atoms with Gasteiger partial charge in [-0.15, -0.1) is 0 Å². The van der Waals surface area contributed by atoms with Crippen molar-refractivity contribution in [2.45, 2.75) is 45.4 Å². The van der Waals surface area contributed by atoms with Crippen molar-refractivity contribution < 1.29 is 14.6 Å². The topological polar surface area (TPSA) is 41.9 Å². The maximum absolute atomic E-state index is 9.80. The zero-order valence-corrected chi connectivity index (χ0v) is 14.1. The molecule has 118 valence electrons. The number of methoxy groups -OCH3 is 1. The van der Waals surface area contributed by atoms with E-state index in [1.54, 1.807) is 6.07 Å². The smallest absolute Gasteiger partial charge is 0.176 e. The summed E-state index contributed by atoms with van der Waals surface area (Å²) in [4.78, 5) is 2.34. The monoisotopic (exact) mass is 313 g/mol. The Balaban J connectivity index is 2.20. The maximum atomic E-state index is 9.80. The van der Waals surface area contributed by atoms with E-state index in [1.807, 2.05) is 6.07 Å². The van der Waals surface area contributed by atoms with Gasteiger partial charge in [-0.2, -0.15) is 0 Å². The first-order valence-corrected chi connectivity index (χ1v) is 7.48. The number of nitrogens with zero attached hydrogens (tertiary/aromatic N) is 1. The Hall–Kier alpha value is -0.970. The van der Waals surface area contributed by atoms with E-state index in [4.69, 9.17) is 21.1 Å². The first-order chi connectivity index (χ1) is 9.62. The van der Waals surface area contributed by atoms with Crippen LogP contribution in [0.2, 0.25) is 5.02 Å². The van der Waals surface area contributed by atoms with E-state index in [2.05, 4.69) is 32.6 Å². The van der Waals surface area contributed by atoms with E-state index in [-0.39, 0.29) is 17.0 Å². The number of morpholine rings is 1. The number of phenolic OH excluding ortho intramolecular Hbond substituents is 1. The van der Waals surface area contributed by atoms with Crippen molar-refractivity contribution >= 4 is 11.6 Å². The molecule has 5 heteroatoms. The Bertz CT molecular complexity index is 512. The molecule has 0 saturated carbocycles. The number of aromatic hydroxyl groups is 1. The Labute approximate surface area is 131 Å². The molecule has 0 unspecified atom stereocenters. The first-order valence-electron chi connectivity index (χ1n) is 7.10. The summed E-state index contributed by atoms with van der Waals surface area (Å²) < 4.78 is 11.2. The lowest BCUT2D eigenvalue weighted by Crippen LogP contribution is -2.56. The molecule has 2 rings (SSSR count). The van der Waals surface area contributed by atoms with Crippen LogP contribution < -0.4 is 4.74 Å². The minimum Gasteiger partial charge on any atom is -0.503 e. The van der Waals surface area contributed by atoms with Crippen molar-refractivity contribution in [3.8, 4) is 11.5 Å². The largest absolute Gasteiger partial charge is 0.503 e. The molecule has 1 aliphatic heterocycles. The van der Waals surface area contributed by atoms with E-state index >= 15 is 0 Å². The van der Waals surface area contributed by atoms with Gasteiger partial charge in [0.2, 0.25) is 0 Å². The molecule has 1 aromatic rings. The molecular formula is C16H24ClNO3. The van der Waals surface area contributed by atoms with Crippen LogP contribution in [0.25, 0.3) is 0 Å².